The van der Waals surface area contributed by atoms with Crippen LogP contribution in [-0.4, -0.2) is 54.2 Å². The molecule has 1 aromatic heterocycles. The van der Waals surface area contributed by atoms with Gasteiger partial charge in [0, 0.05) is 39.3 Å². The predicted molar refractivity (Wildman–Crippen MR) is 89.4 cm³/mol. The maximum atomic E-state index is 13.9. The van der Waals surface area contributed by atoms with Crippen LogP contribution in [0.2, 0.25) is 0 Å². The first-order valence-electron chi connectivity index (χ1n) is 8.01. The summed E-state index contributed by atoms with van der Waals surface area (Å²) in [7, 11) is 1.69. The second-order valence-electron chi connectivity index (χ2n) is 5.71. The number of piperazine rings is 1. The maximum Gasteiger partial charge on any atom is 0.246 e. The smallest absolute Gasteiger partial charge is 0.246 e. The third kappa shape index (κ3) is 4.04. The van der Waals surface area contributed by atoms with Gasteiger partial charge in [0.2, 0.25) is 5.89 Å². The van der Waals surface area contributed by atoms with Crippen LogP contribution in [0, 0.1) is 18.6 Å². The van der Waals surface area contributed by atoms with Crippen molar-refractivity contribution in [3.63, 3.8) is 0 Å². The first-order valence-corrected chi connectivity index (χ1v) is 8.01. The van der Waals surface area contributed by atoms with Gasteiger partial charge >= 0.3 is 0 Å². The number of nitrogens with zero attached hydrogens (tertiary/aromatic N) is 5. The van der Waals surface area contributed by atoms with Crippen molar-refractivity contribution in [2.75, 3.05) is 38.1 Å². The van der Waals surface area contributed by atoms with Crippen molar-refractivity contribution in [2.24, 2.45) is 4.99 Å². The minimum atomic E-state index is -0.439. The van der Waals surface area contributed by atoms with Crippen molar-refractivity contribution >= 4 is 11.6 Å². The minimum absolute atomic E-state index is 0.295. The molecule has 1 aromatic carbocycles. The normalized spacial score (nSPS) is 15.6. The molecule has 1 aliphatic heterocycles. The Hall–Kier alpha value is -2.71. The average Bonchev–Trinajstić information content (AvgIpc) is 3.03. The Balaban J connectivity index is 1.57. The van der Waals surface area contributed by atoms with Gasteiger partial charge in [0.15, 0.2) is 11.8 Å². The summed E-state index contributed by atoms with van der Waals surface area (Å²) in [5, 5.41) is 6.91. The van der Waals surface area contributed by atoms with Gasteiger partial charge in [0.05, 0.1) is 12.2 Å². The molecule has 25 heavy (non-hydrogen) atoms. The molecule has 0 radical (unpaired) electrons. The number of halogens is 2. The Bertz CT molecular complexity index is 755. The van der Waals surface area contributed by atoms with Gasteiger partial charge in [0.25, 0.3) is 0 Å². The molecule has 1 N–H and O–H groups in total. The fourth-order valence-electron chi connectivity index (χ4n) is 2.79. The minimum Gasteiger partial charge on any atom is -0.366 e. The average molecular weight is 350 g/mol. The molecule has 0 atom stereocenters. The predicted octanol–water partition coefficient (Wildman–Crippen LogP) is 1.55. The van der Waals surface area contributed by atoms with Crippen molar-refractivity contribution in [1.29, 1.82) is 0 Å². The zero-order valence-corrected chi connectivity index (χ0v) is 14.2. The molecule has 0 amide bonds. The van der Waals surface area contributed by atoms with Gasteiger partial charge in [-0.15, -0.1) is 0 Å². The Kier molecular flexibility index (Phi) is 5.11. The molecule has 1 fully saturated rings. The van der Waals surface area contributed by atoms with Crippen LogP contribution in [0.15, 0.2) is 27.7 Å². The number of hydrogen-bond donors (Lipinski definition) is 1. The summed E-state index contributed by atoms with van der Waals surface area (Å²) in [6.07, 6.45) is 0. The zero-order valence-electron chi connectivity index (χ0n) is 14.2. The third-order valence-electron chi connectivity index (χ3n) is 4.01. The summed E-state index contributed by atoms with van der Waals surface area (Å²) in [4.78, 5) is 12.3. The summed E-state index contributed by atoms with van der Waals surface area (Å²) < 4.78 is 32.3. The molecule has 7 nitrogen and oxygen atoms in total. The van der Waals surface area contributed by atoms with Crippen molar-refractivity contribution in [3.05, 3.63) is 41.5 Å². The van der Waals surface area contributed by atoms with E-state index in [1.165, 1.54) is 6.07 Å². The number of hydrogen-bond acceptors (Lipinski definition) is 5. The van der Waals surface area contributed by atoms with E-state index in [0.29, 0.717) is 56.1 Å². The Morgan fingerprint density at radius 1 is 1.28 bits per heavy atom. The molecule has 0 saturated carbocycles. The standard InChI is InChI=1S/C16H20F2N6O/c1-11-21-15(25-22-11)10-20-16(19-2)24-7-5-23(6-8-24)14-9-12(17)3-4-13(14)18/h3-4,9H,5-8,10H2,1-2H3,(H,19,20). The van der Waals surface area contributed by atoms with Crippen molar-refractivity contribution < 1.29 is 13.3 Å². The highest BCUT2D eigenvalue weighted by molar-refractivity contribution is 5.80. The van der Waals surface area contributed by atoms with E-state index in [9.17, 15) is 8.78 Å². The van der Waals surface area contributed by atoms with Crippen molar-refractivity contribution in [1.82, 2.24) is 20.4 Å². The van der Waals surface area contributed by atoms with E-state index < -0.39 is 11.6 Å². The van der Waals surface area contributed by atoms with E-state index in [4.69, 9.17) is 4.52 Å². The lowest BCUT2D eigenvalue weighted by Crippen LogP contribution is -2.52. The molecule has 2 aromatic rings. The molecule has 1 aliphatic rings. The van der Waals surface area contributed by atoms with Crippen LogP contribution < -0.4 is 10.2 Å². The number of anilines is 1. The van der Waals surface area contributed by atoms with Crippen molar-refractivity contribution in [2.45, 2.75) is 13.5 Å². The summed E-state index contributed by atoms with van der Waals surface area (Å²) >= 11 is 0. The first-order chi connectivity index (χ1) is 12.1. The van der Waals surface area contributed by atoms with Gasteiger partial charge in [-0.3, -0.25) is 4.99 Å². The fourth-order valence-corrected chi connectivity index (χ4v) is 2.79. The number of guanidine groups is 1. The number of nitrogens with one attached hydrogen (secondary N) is 1. The van der Waals surface area contributed by atoms with Crippen LogP contribution in [0.5, 0.6) is 0 Å². The number of benzene rings is 1. The highest BCUT2D eigenvalue weighted by atomic mass is 19.1. The molecule has 3 rings (SSSR count). The first kappa shape index (κ1) is 17.1. The Morgan fingerprint density at radius 2 is 2.04 bits per heavy atom. The Labute approximate surface area is 144 Å². The van der Waals surface area contributed by atoms with Crippen LogP contribution in [0.25, 0.3) is 0 Å². The van der Waals surface area contributed by atoms with E-state index in [-0.39, 0.29) is 0 Å². The maximum absolute atomic E-state index is 13.9. The molecular formula is C16H20F2N6O. The number of aryl methyl sites for hydroxylation is 1. The SMILES string of the molecule is CN=C(NCc1nc(C)no1)N1CCN(c2cc(F)ccc2F)CC1. The van der Waals surface area contributed by atoms with Gasteiger partial charge in [-0.2, -0.15) is 4.98 Å². The molecule has 0 spiro atoms. The molecule has 0 bridgehead atoms. The summed E-state index contributed by atoms with van der Waals surface area (Å²) in [5.74, 6) is 0.919. The van der Waals surface area contributed by atoms with E-state index in [0.717, 1.165) is 12.1 Å². The second kappa shape index (κ2) is 7.45. The third-order valence-corrected chi connectivity index (χ3v) is 4.01. The molecule has 1 saturated heterocycles. The number of aliphatic imine (C=N–C) groups is 1. The lowest BCUT2D eigenvalue weighted by Gasteiger charge is -2.37. The Morgan fingerprint density at radius 3 is 2.68 bits per heavy atom. The van der Waals surface area contributed by atoms with Crippen LogP contribution >= 0.6 is 0 Å². The zero-order chi connectivity index (χ0) is 17.8. The van der Waals surface area contributed by atoms with E-state index in [1.54, 1.807) is 14.0 Å². The van der Waals surface area contributed by atoms with Gasteiger partial charge in [-0.25, -0.2) is 8.78 Å². The van der Waals surface area contributed by atoms with Gasteiger partial charge in [0.1, 0.15) is 11.6 Å². The topological polar surface area (TPSA) is 69.8 Å². The molecule has 0 unspecified atom stereocenters. The summed E-state index contributed by atoms with van der Waals surface area (Å²) in [6, 6.07) is 3.51. The quantitative estimate of drug-likeness (QED) is 0.669. The summed E-state index contributed by atoms with van der Waals surface area (Å²) in [5.41, 5.74) is 0.295. The van der Waals surface area contributed by atoms with Crippen molar-refractivity contribution in [3.8, 4) is 0 Å². The summed E-state index contributed by atoms with van der Waals surface area (Å²) in [6.45, 7) is 4.55. The van der Waals surface area contributed by atoms with Gasteiger partial charge < -0.3 is 19.6 Å². The molecule has 0 aliphatic carbocycles. The van der Waals surface area contributed by atoms with Gasteiger partial charge in [-0.1, -0.05) is 5.16 Å². The van der Waals surface area contributed by atoms with Gasteiger partial charge in [-0.05, 0) is 19.1 Å². The lowest BCUT2D eigenvalue weighted by molar-refractivity contribution is 0.353. The number of rotatable bonds is 3. The van der Waals surface area contributed by atoms with Crippen LogP contribution in [0.1, 0.15) is 11.7 Å². The highest BCUT2D eigenvalue weighted by Gasteiger charge is 2.22. The van der Waals surface area contributed by atoms with Crippen LogP contribution in [-0.2, 0) is 6.54 Å². The van der Waals surface area contributed by atoms with E-state index in [2.05, 4.69) is 25.3 Å². The van der Waals surface area contributed by atoms with Crippen LogP contribution in [0.4, 0.5) is 14.5 Å². The molecule has 9 heteroatoms. The molecule has 2 heterocycles. The number of aromatic nitrogens is 2. The highest BCUT2D eigenvalue weighted by Crippen LogP contribution is 2.21. The molecular weight excluding hydrogens is 330 g/mol. The lowest BCUT2D eigenvalue weighted by atomic mass is 10.2. The van der Waals surface area contributed by atoms with E-state index in [1.807, 2.05) is 4.90 Å². The second-order valence-corrected chi connectivity index (χ2v) is 5.71. The van der Waals surface area contributed by atoms with E-state index >= 15 is 0 Å². The fraction of sp³-hybridized carbons (Fsp3) is 0.438. The van der Waals surface area contributed by atoms with Crippen LogP contribution in [0.3, 0.4) is 0 Å². The molecule has 134 valence electrons. The monoisotopic (exact) mass is 350 g/mol. The largest absolute Gasteiger partial charge is 0.366 e.